The van der Waals surface area contributed by atoms with Crippen LogP contribution in [0.3, 0.4) is 0 Å². The van der Waals surface area contributed by atoms with Gasteiger partial charge in [-0.05, 0) is 42.7 Å². The Hall–Kier alpha value is -0.890. The maximum atomic E-state index is 4.35. The average molecular weight is 258 g/mol. The molecule has 1 N–H and O–H groups in total. The quantitative estimate of drug-likeness (QED) is 0.842. The number of nitrogens with one attached hydrogen (secondary N) is 1. The lowest BCUT2D eigenvalue weighted by atomic mass is 9.48. The molecular weight excluding hydrogens is 232 g/mol. The topological polar surface area (TPSA) is 24.9 Å². The molecule has 3 rings (SSSR count). The summed E-state index contributed by atoms with van der Waals surface area (Å²) in [7, 11) is 0. The van der Waals surface area contributed by atoms with E-state index in [9.17, 15) is 0 Å². The molecule has 2 saturated carbocycles. The van der Waals surface area contributed by atoms with Crippen LogP contribution >= 0.6 is 0 Å². The third-order valence-corrected chi connectivity index (χ3v) is 5.51. The van der Waals surface area contributed by atoms with Gasteiger partial charge in [0, 0.05) is 30.4 Å². The third kappa shape index (κ3) is 2.43. The van der Waals surface area contributed by atoms with E-state index in [1.807, 2.05) is 6.20 Å². The summed E-state index contributed by atoms with van der Waals surface area (Å²) in [5.41, 5.74) is 2.38. The van der Waals surface area contributed by atoms with E-state index in [1.165, 1.54) is 44.1 Å². The van der Waals surface area contributed by atoms with Gasteiger partial charge in [-0.1, -0.05) is 32.8 Å². The van der Waals surface area contributed by atoms with Crippen molar-refractivity contribution in [3.63, 3.8) is 0 Å². The summed E-state index contributed by atoms with van der Waals surface area (Å²) in [6.45, 7) is 5.85. The SMILES string of the molecule is CCC1(CC)CC(CNC2CC2)(c2cccnc2)C1. The van der Waals surface area contributed by atoms with Crippen LogP contribution in [0.2, 0.25) is 0 Å². The molecule has 0 aliphatic heterocycles. The van der Waals surface area contributed by atoms with Crippen LogP contribution in [0.1, 0.15) is 57.9 Å². The Morgan fingerprint density at radius 2 is 2.00 bits per heavy atom. The van der Waals surface area contributed by atoms with Crippen LogP contribution in [0, 0.1) is 5.41 Å². The zero-order chi connectivity index (χ0) is 13.3. The van der Waals surface area contributed by atoms with Gasteiger partial charge in [0.15, 0.2) is 0 Å². The third-order valence-electron chi connectivity index (χ3n) is 5.51. The first-order valence-electron chi connectivity index (χ1n) is 7.86. The number of hydrogen-bond donors (Lipinski definition) is 1. The molecule has 0 aromatic carbocycles. The van der Waals surface area contributed by atoms with Gasteiger partial charge in [-0.3, -0.25) is 4.98 Å². The fourth-order valence-corrected chi connectivity index (χ4v) is 3.87. The molecule has 2 aliphatic carbocycles. The molecule has 1 aromatic heterocycles. The van der Waals surface area contributed by atoms with Crippen molar-refractivity contribution in [2.75, 3.05) is 6.54 Å². The van der Waals surface area contributed by atoms with Gasteiger partial charge in [0.25, 0.3) is 0 Å². The summed E-state index contributed by atoms with van der Waals surface area (Å²) in [6, 6.07) is 5.16. The van der Waals surface area contributed by atoms with Gasteiger partial charge >= 0.3 is 0 Å². The minimum Gasteiger partial charge on any atom is -0.313 e. The molecular formula is C17H26N2. The predicted octanol–water partition coefficient (Wildman–Crippen LogP) is 3.67. The zero-order valence-corrected chi connectivity index (χ0v) is 12.3. The lowest BCUT2D eigenvalue weighted by molar-refractivity contribution is 0.0125. The minimum atomic E-state index is 0.350. The number of nitrogens with zero attached hydrogens (tertiary/aromatic N) is 1. The second-order valence-corrected chi connectivity index (χ2v) is 6.74. The normalized spacial score (nSPS) is 23.9. The van der Waals surface area contributed by atoms with Gasteiger partial charge in [0.1, 0.15) is 0 Å². The monoisotopic (exact) mass is 258 g/mol. The van der Waals surface area contributed by atoms with Gasteiger partial charge in [-0.15, -0.1) is 0 Å². The molecule has 0 atom stereocenters. The highest BCUT2D eigenvalue weighted by Crippen LogP contribution is 2.59. The molecule has 0 saturated heterocycles. The fourth-order valence-electron chi connectivity index (χ4n) is 3.87. The van der Waals surface area contributed by atoms with Crippen LogP contribution in [0.15, 0.2) is 24.5 Å². The Morgan fingerprint density at radius 1 is 1.26 bits per heavy atom. The first-order valence-corrected chi connectivity index (χ1v) is 7.86. The lowest BCUT2D eigenvalue weighted by Gasteiger charge is -2.57. The Morgan fingerprint density at radius 3 is 2.53 bits per heavy atom. The smallest absolute Gasteiger partial charge is 0.0306 e. The second-order valence-electron chi connectivity index (χ2n) is 6.74. The Balaban J connectivity index is 1.77. The molecule has 2 aliphatic rings. The highest BCUT2D eigenvalue weighted by atomic mass is 15.0. The van der Waals surface area contributed by atoms with E-state index in [4.69, 9.17) is 0 Å². The summed E-state index contributed by atoms with van der Waals surface area (Å²) in [5.74, 6) is 0. The first-order chi connectivity index (χ1) is 9.22. The summed E-state index contributed by atoms with van der Waals surface area (Å²) in [4.78, 5) is 4.35. The van der Waals surface area contributed by atoms with E-state index in [0.29, 0.717) is 10.8 Å². The van der Waals surface area contributed by atoms with Gasteiger partial charge in [0.05, 0.1) is 0 Å². The van der Waals surface area contributed by atoms with Crippen LogP contribution < -0.4 is 5.32 Å². The molecule has 2 heteroatoms. The van der Waals surface area contributed by atoms with E-state index >= 15 is 0 Å². The molecule has 1 heterocycles. The van der Waals surface area contributed by atoms with Crippen molar-refractivity contribution in [2.24, 2.45) is 5.41 Å². The van der Waals surface area contributed by atoms with Crippen LogP contribution in [-0.2, 0) is 5.41 Å². The lowest BCUT2D eigenvalue weighted by Crippen LogP contribution is -2.54. The van der Waals surface area contributed by atoms with Crippen LogP contribution in [0.5, 0.6) is 0 Å². The van der Waals surface area contributed by atoms with Crippen molar-refractivity contribution >= 4 is 0 Å². The Bertz CT molecular complexity index is 410. The minimum absolute atomic E-state index is 0.350. The van der Waals surface area contributed by atoms with Crippen LogP contribution in [-0.4, -0.2) is 17.6 Å². The predicted molar refractivity (Wildman–Crippen MR) is 79.2 cm³/mol. The summed E-state index contributed by atoms with van der Waals surface area (Å²) in [5, 5.41) is 3.76. The van der Waals surface area contributed by atoms with E-state index in [2.05, 4.69) is 42.5 Å². The molecule has 0 unspecified atom stereocenters. The number of hydrogen-bond acceptors (Lipinski definition) is 2. The maximum Gasteiger partial charge on any atom is 0.0306 e. The van der Waals surface area contributed by atoms with Crippen LogP contribution in [0.4, 0.5) is 0 Å². The second kappa shape index (κ2) is 4.90. The summed E-state index contributed by atoms with van der Waals surface area (Å²) < 4.78 is 0. The van der Waals surface area contributed by atoms with Crippen molar-refractivity contribution in [1.82, 2.24) is 10.3 Å². The van der Waals surface area contributed by atoms with Gasteiger partial charge < -0.3 is 5.32 Å². The van der Waals surface area contributed by atoms with Crippen molar-refractivity contribution < 1.29 is 0 Å². The number of rotatable bonds is 6. The largest absolute Gasteiger partial charge is 0.313 e. The standard InChI is InChI=1S/C17H26N2/c1-3-16(4-2)11-17(12-16,13-19-15-7-8-15)14-6-5-9-18-10-14/h5-6,9-10,15,19H,3-4,7-8,11-13H2,1-2H3. The van der Waals surface area contributed by atoms with Gasteiger partial charge in [-0.2, -0.15) is 0 Å². The summed E-state index contributed by atoms with van der Waals surface area (Å²) in [6.07, 6.45) is 12.0. The highest BCUT2D eigenvalue weighted by Gasteiger charge is 2.53. The molecule has 0 spiro atoms. The first kappa shape index (κ1) is 13.1. The molecule has 104 valence electrons. The van der Waals surface area contributed by atoms with Gasteiger partial charge in [0.2, 0.25) is 0 Å². The molecule has 19 heavy (non-hydrogen) atoms. The van der Waals surface area contributed by atoms with E-state index in [1.54, 1.807) is 0 Å². The molecule has 1 aromatic rings. The van der Waals surface area contributed by atoms with E-state index < -0.39 is 0 Å². The Kier molecular flexibility index (Phi) is 3.38. The average Bonchev–Trinajstić information content (AvgIpc) is 3.24. The van der Waals surface area contributed by atoms with E-state index in [0.717, 1.165) is 12.6 Å². The highest BCUT2D eigenvalue weighted by molar-refractivity contribution is 5.29. The molecule has 0 bridgehead atoms. The number of aromatic nitrogens is 1. The molecule has 2 fully saturated rings. The van der Waals surface area contributed by atoms with Crippen molar-refractivity contribution in [1.29, 1.82) is 0 Å². The van der Waals surface area contributed by atoms with Crippen molar-refractivity contribution in [2.45, 2.75) is 63.8 Å². The van der Waals surface area contributed by atoms with Crippen molar-refractivity contribution in [3.05, 3.63) is 30.1 Å². The van der Waals surface area contributed by atoms with Crippen LogP contribution in [0.25, 0.3) is 0 Å². The van der Waals surface area contributed by atoms with Crippen molar-refractivity contribution in [3.8, 4) is 0 Å². The maximum absolute atomic E-state index is 4.35. The van der Waals surface area contributed by atoms with E-state index in [-0.39, 0.29) is 0 Å². The molecule has 2 nitrogen and oxygen atoms in total. The Labute approximate surface area is 117 Å². The summed E-state index contributed by atoms with van der Waals surface area (Å²) >= 11 is 0. The van der Waals surface area contributed by atoms with Gasteiger partial charge in [-0.25, -0.2) is 0 Å². The zero-order valence-electron chi connectivity index (χ0n) is 12.3. The molecule has 0 radical (unpaired) electrons. The number of pyridine rings is 1. The molecule has 0 amide bonds. The fraction of sp³-hybridized carbons (Fsp3) is 0.706.